The van der Waals surface area contributed by atoms with E-state index in [1.165, 1.54) is 4.90 Å². The summed E-state index contributed by atoms with van der Waals surface area (Å²) in [5, 5.41) is 23.1. The second kappa shape index (κ2) is 11.1. The minimum atomic E-state index is -1.46. The van der Waals surface area contributed by atoms with Crippen LogP contribution in [0.5, 0.6) is 0 Å². The maximum absolute atomic E-state index is 12.9. The van der Waals surface area contributed by atoms with E-state index in [9.17, 15) is 19.2 Å². The van der Waals surface area contributed by atoms with Gasteiger partial charge < -0.3 is 31.5 Å². The molecule has 10 heteroatoms. The third-order valence-corrected chi connectivity index (χ3v) is 5.43. The Morgan fingerprint density at radius 1 is 1.17 bits per heavy atom. The topological polar surface area (TPSA) is 162 Å². The van der Waals surface area contributed by atoms with E-state index in [2.05, 4.69) is 10.6 Å². The Morgan fingerprint density at radius 3 is 2.28 bits per heavy atom. The van der Waals surface area contributed by atoms with Gasteiger partial charge >= 0.3 is 5.97 Å². The molecule has 1 heterocycles. The van der Waals surface area contributed by atoms with Crippen LogP contribution in [0.25, 0.3) is 0 Å². The van der Waals surface area contributed by atoms with Crippen LogP contribution in [0.3, 0.4) is 0 Å². The number of rotatable bonds is 10. The van der Waals surface area contributed by atoms with Crippen LogP contribution in [-0.2, 0) is 19.2 Å². The monoisotopic (exact) mass is 414 g/mol. The molecular formula is C19H34N4O6. The van der Waals surface area contributed by atoms with Gasteiger partial charge in [-0.15, -0.1) is 0 Å². The standard InChI is InChI=1S/C19H34N4O6/c1-5-11(4)15(17(26)21-12(9-24)19(28)29)22-16(25)13-7-6-8-23(13)18(27)14(20)10(2)3/h10-15,24H,5-9,20H2,1-4H3,(H,21,26)(H,22,25)(H,28,29). The number of nitrogens with zero attached hydrogens (tertiary/aromatic N) is 1. The smallest absolute Gasteiger partial charge is 0.328 e. The largest absolute Gasteiger partial charge is 0.480 e. The number of aliphatic hydroxyl groups excluding tert-OH is 1. The molecule has 1 rings (SSSR count). The van der Waals surface area contributed by atoms with E-state index in [1.807, 2.05) is 20.8 Å². The lowest BCUT2D eigenvalue weighted by molar-refractivity contribution is -0.144. The van der Waals surface area contributed by atoms with Crippen molar-refractivity contribution in [2.24, 2.45) is 17.6 Å². The molecular weight excluding hydrogens is 380 g/mol. The Balaban J connectivity index is 2.93. The second-order valence-corrected chi connectivity index (χ2v) is 7.91. The van der Waals surface area contributed by atoms with Crippen molar-refractivity contribution in [2.75, 3.05) is 13.2 Å². The number of hydrogen-bond acceptors (Lipinski definition) is 6. The number of nitrogens with two attached hydrogens (primary N) is 1. The zero-order valence-corrected chi connectivity index (χ0v) is 17.6. The van der Waals surface area contributed by atoms with Gasteiger partial charge in [0.2, 0.25) is 17.7 Å². The summed E-state index contributed by atoms with van der Waals surface area (Å²) in [6.45, 7) is 6.91. The molecule has 5 unspecified atom stereocenters. The van der Waals surface area contributed by atoms with Crippen LogP contribution in [0.15, 0.2) is 0 Å². The Kier molecular flexibility index (Phi) is 9.51. The zero-order chi connectivity index (χ0) is 22.3. The third-order valence-electron chi connectivity index (χ3n) is 5.43. The van der Waals surface area contributed by atoms with Crippen LogP contribution >= 0.6 is 0 Å². The maximum Gasteiger partial charge on any atom is 0.328 e. The maximum atomic E-state index is 12.9. The number of hydrogen-bond donors (Lipinski definition) is 5. The number of aliphatic hydroxyl groups is 1. The predicted octanol–water partition coefficient (Wildman–Crippen LogP) is -0.947. The number of nitrogens with one attached hydrogen (secondary N) is 2. The summed E-state index contributed by atoms with van der Waals surface area (Å²) >= 11 is 0. The summed E-state index contributed by atoms with van der Waals surface area (Å²) in [5.41, 5.74) is 5.95. The molecule has 1 saturated heterocycles. The molecule has 0 aromatic rings. The Bertz CT molecular complexity index is 612. The van der Waals surface area contributed by atoms with E-state index in [-0.39, 0.29) is 17.7 Å². The summed E-state index contributed by atoms with van der Waals surface area (Å²) < 4.78 is 0. The molecule has 0 aliphatic carbocycles. The van der Waals surface area contributed by atoms with Crippen molar-refractivity contribution in [3.8, 4) is 0 Å². The highest BCUT2D eigenvalue weighted by molar-refractivity contribution is 5.94. The molecule has 29 heavy (non-hydrogen) atoms. The molecule has 0 spiro atoms. The number of aliphatic carboxylic acids is 1. The molecule has 0 aromatic heterocycles. The number of carboxylic acid groups (broad SMARTS) is 1. The van der Waals surface area contributed by atoms with Crippen LogP contribution in [0.2, 0.25) is 0 Å². The van der Waals surface area contributed by atoms with Crippen molar-refractivity contribution in [3.05, 3.63) is 0 Å². The molecule has 5 atom stereocenters. The molecule has 0 bridgehead atoms. The number of carboxylic acids is 1. The van der Waals surface area contributed by atoms with Crippen LogP contribution in [0.4, 0.5) is 0 Å². The first kappa shape index (κ1) is 24.8. The van der Waals surface area contributed by atoms with Gasteiger partial charge in [-0.05, 0) is 24.7 Å². The second-order valence-electron chi connectivity index (χ2n) is 7.91. The fourth-order valence-electron chi connectivity index (χ4n) is 3.18. The van der Waals surface area contributed by atoms with E-state index in [0.29, 0.717) is 25.8 Å². The summed E-state index contributed by atoms with van der Waals surface area (Å²) in [5.74, 6) is -3.18. The van der Waals surface area contributed by atoms with Crippen molar-refractivity contribution in [2.45, 2.75) is 71.1 Å². The highest BCUT2D eigenvalue weighted by Gasteiger charge is 2.39. The average molecular weight is 415 g/mol. The number of likely N-dealkylation sites (tertiary alicyclic amines) is 1. The van der Waals surface area contributed by atoms with Gasteiger partial charge in [0.15, 0.2) is 0 Å². The first-order chi connectivity index (χ1) is 13.5. The number of carbonyl (C=O) groups excluding carboxylic acids is 3. The van der Waals surface area contributed by atoms with Gasteiger partial charge in [-0.3, -0.25) is 14.4 Å². The quantitative estimate of drug-likeness (QED) is 0.308. The fourth-order valence-corrected chi connectivity index (χ4v) is 3.18. The van der Waals surface area contributed by atoms with E-state index in [4.69, 9.17) is 15.9 Å². The Morgan fingerprint density at radius 2 is 1.79 bits per heavy atom. The van der Waals surface area contributed by atoms with E-state index < -0.39 is 48.6 Å². The number of amides is 3. The lowest BCUT2D eigenvalue weighted by atomic mass is 9.97. The van der Waals surface area contributed by atoms with Crippen LogP contribution < -0.4 is 16.4 Å². The van der Waals surface area contributed by atoms with E-state index in [0.717, 1.165) is 0 Å². The first-order valence-electron chi connectivity index (χ1n) is 10.1. The van der Waals surface area contributed by atoms with Crippen molar-refractivity contribution >= 4 is 23.7 Å². The van der Waals surface area contributed by atoms with Gasteiger partial charge in [-0.2, -0.15) is 0 Å². The van der Waals surface area contributed by atoms with Gasteiger partial charge in [-0.1, -0.05) is 34.1 Å². The summed E-state index contributed by atoms with van der Waals surface area (Å²) in [6.07, 6.45) is 1.67. The molecule has 0 saturated carbocycles. The van der Waals surface area contributed by atoms with Crippen molar-refractivity contribution in [1.82, 2.24) is 15.5 Å². The lowest BCUT2D eigenvalue weighted by Gasteiger charge is -2.30. The van der Waals surface area contributed by atoms with Crippen molar-refractivity contribution in [3.63, 3.8) is 0 Å². The molecule has 10 nitrogen and oxygen atoms in total. The molecule has 6 N–H and O–H groups in total. The first-order valence-corrected chi connectivity index (χ1v) is 10.1. The van der Waals surface area contributed by atoms with Crippen molar-refractivity contribution in [1.29, 1.82) is 0 Å². The summed E-state index contributed by atoms with van der Waals surface area (Å²) in [6, 6.07) is -3.88. The minimum Gasteiger partial charge on any atom is -0.480 e. The van der Waals surface area contributed by atoms with Crippen molar-refractivity contribution < 1.29 is 29.4 Å². The molecule has 1 aliphatic heterocycles. The third kappa shape index (κ3) is 6.40. The molecule has 0 aromatic carbocycles. The fraction of sp³-hybridized carbons (Fsp3) is 0.789. The molecule has 3 amide bonds. The SMILES string of the molecule is CCC(C)C(NC(=O)C1CCCN1C(=O)C(N)C(C)C)C(=O)NC(CO)C(=O)O. The highest BCUT2D eigenvalue weighted by atomic mass is 16.4. The molecule has 1 fully saturated rings. The van der Waals surface area contributed by atoms with Gasteiger partial charge in [0.05, 0.1) is 12.6 Å². The normalized spacial score (nSPS) is 20.7. The van der Waals surface area contributed by atoms with Gasteiger partial charge in [-0.25, -0.2) is 4.79 Å². The van der Waals surface area contributed by atoms with Crippen LogP contribution in [0, 0.1) is 11.8 Å². The summed E-state index contributed by atoms with van der Waals surface area (Å²) in [4.78, 5) is 50.6. The van der Waals surface area contributed by atoms with Crippen LogP contribution in [-0.4, -0.2) is 76.1 Å². The average Bonchev–Trinajstić information content (AvgIpc) is 3.17. The van der Waals surface area contributed by atoms with E-state index in [1.54, 1.807) is 6.92 Å². The summed E-state index contributed by atoms with van der Waals surface area (Å²) in [7, 11) is 0. The Labute approximate surface area is 171 Å². The van der Waals surface area contributed by atoms with Gasteiger partial charge in [0, 0.05) is 6.54 Å². The predicted molar refractivity (Wildman–Crippen MR) is 106 cm³/mol. The molecule has 166 valence electrons. The minimum absolute atomic E-state index is 0.0723. The molecule has 0 radical (unpaired) electrons. The van der Waals surface area contributed by atoms with Crippen LogP contribution in [0.1, 0.15) is 47.0 Å². The van der Waals surface area contributed by atoms with Gasteiger partial charge in [0.25, 0.3) is 0 Å². The lowest BCUT2D eigenvalue weighted by Crippen LogP contribution is -2.58. The Hall–Kier alpha value is -2.20. The number of carbonyl (C=O) groups is 4. The zero-order valence-electron chi connectivity index (χ0n) is 17.6. The van der Waals surface area contributed by atoms with Gasteiger partial charge in [0.1, 0.15) is 18.1 Å². The highest BCUT2D eigenvalue weighted by Crippen LogP contribution is 2.20. The molecule has 1 aliphatic rings. The van der Waals surface area contributed by atoms with E-state index >= 15 is 0 Å².